The largest absolute Gasteiger partial charge is 0.496 e. The number of rotatable bonds is 5. The van der Waals surface area contributed by atoms with Gasteiger partial charge in [0.25, 0.3) is 0 Å². The van der Waals surface area contributed by atoms with Crippen LogP contribution >= 0.6 is 12.2 Å². The van der Waals surface area contributed by atoms with Gasteiger partial charge in [0, 0.05) is 12.6 Å². The van der Waals surface area contributed by atoms with Crippen LogP contribution in [-0.2, 0) is 6.54 Å². The van der Waals surface area contributed by atoms with Gasteiger partial charge in [-0.3, -0.25) is 4.90 Å². The van der Waals surface area contributed by atoms with Gasteiger partial charge in [0.2, 0.25) is 0 Å². The molecule has 1 heterocycles. The van der Waals surface area contributed by atoms with Gasteiger partial charge in [-0.25, -0.2) is 0 Å². The first-order valence-corrected chi connectivity index (χ1v) is 7.29. The Bertz CT molecular complexity index is 493. The van der Waals surface area contributed by atoms with E-state index in [-0.39, 0.29) is 12.6 Å². The summed E-state index contributed by atoms with van der Waals surface area (Å²) in [4.78, 5) is 2.66. The highest BCUT2D eigenvalue weighted by molar-refractivity contribution is 7.80. The first-order chi connectivity index (χ1) is 9.56. The SMILES string of the molecule is COc1cc(CN2CCC(C)C2CO)ccc1C(N)=S. The Kier molecular flexibility index (Phi) is 4.96. The molecule has 1 aromatic rings. The number of methoxy groups -OCH3 is 1. The summed E-state index contributed by atoms with van der Waals surface area (Å²) < 4.78 is 5.35. The van der Waals surface area contributed by atoms with E-state index >= 15 is 0 Å². The minimum atomic E-state index is 0.212. The van der Waals surface area contributed by atoms with E-state index in [1.165, 1.54) is 0 Å². The van der Waals surface area contributed by atoms with E-state index in [0.717, 1.165) is 30.6 Å². The average Bonchev–Trinajstić information content (AvgIpc) is 2.78. The van der Waals surface area contributed by atoms with E-state index < -0.39 is 0 Å². The van der Waals surface area contributed by atoms with Gasteiger partial charge in [0.05, 0.1) is 19.3 Å². The van der Waals surface area contributed by atoms with Gasteiger partial charge in [-0.1, -0.05) is 25.2 Å². The van der Waals surface area contributed by atoms with Crippen LogP contribution in [-0.4, -0.2) is 41.3 Å². The highest BCUT2D eigenvalue weighted by atomic mass is 32.1. The molecule has 2 unspecified atom stereocenters. The summed E-state index contributed by atoms with van der Waals surface area (Å²) in [5.74, 6) is 1.25. The molecule has 20 heavy (non-hydrogen) atoms. The average molecular weight is 294 g/mol. The van der Waals surface area contributed by atoms with Crippen LogP contribution in [0.4, 0.5) is 0 Å². The Morgan fingerprint density at radius 3 is 2.90 bits per heavy atom. The Hall–Kier alpha value is -1.17. The van der Waals surface area contributed by atoms with E-state index in [1.54, 1.807) is 7.11 Å². The van der Waals surface area contributed by atoms with Crippen molar-refractivity contribution < 1.29 is 9.84 Å². The first-order valence-electron chi connectivity index (χ1n) is 6.88. The molecule has 2 atom stereocenters. The number of aliphatic hydroxyl groups excluding tert-OH is 1. The van der Waals surface area contributed by atoms with Crippen molar-refractivity contribution in [3.05, 3.63) is 29.3 Å². The zero-order valence-corrected chi connectivity index (χ0v) is 12.8. The predicted molar refractivity (Wildman–Crippen MR) is 83.9 cm³/mol. The number of nitrogens with two attached hydrogens (primary N) is 1. The van der Waals surface area contributed by atoms with Crippen molar-refractivity contribution in [1.29, 1.82) is 0 Å². The minimum absolute atomic E-state index is 0.212. The van der Waals surface area contributed by atoms with Crippen molar-refractivity contribution in [2.75, 3.05) is 20.3 Å². The molecule has 1 fully saturated rings. The Morgan fingerprint density at radius 2 is 2.30 bits per heavy atom. The number of ether oxygens (including phenoxy) is 1. The third-order valence-corrected chi connectivity index (χ3v) is 4.32. The second-order valence-corrected chi connectivity index (χ2v) is 5.83. The lowest BCUT2D eigenvalue weighted by atomic mass is 10.0. The molecule has 1 aliphatic rings. The molecular weight excluding hydrogens is 272 g/mol. The summed E-state index contributed by atoms with van der Waals surface area (Å²) in [6.07, 6.45) is 1.13. The molecule has 0 bridgehead atoms. The molecule has 1 aromatic carbocycles. The molecule has 5 heteroatoms. The maximum absolute atomic E-state index is 9.50. The number of likely N-dealkylation sites (tertiary alicyclic amines) is 1. The molecule has 1 aliphatic heterocycles. The lowest BCUT2D eigenvalue weighted by Gasteiger charge is -2.25. The normalized spacial score (nSPS) is 22.9. The zero-order chi connectivity index (χ0) is 14.7. The monoisotopic (exact) mass is 294 g/mol. The van der Waals surface area contributed by atoms with E-state index in [1.807, 2.05) is 18.2 Å². The van der Waals surface area contributed by atoms with Gasteiger partial charge in [0.15, 0.2) is 0 Å². The topological polar surface area (TPSA) is 58.7 Å². The molecule has 0 aliphatic carbocycles. The van der Waals surface area contributed by atoms with Crippen LogP contribution in [0, 0.1) is 5.92 Å². The van der Waals surface area contributed by atoms with Crippen molar-refractivity contribution in [2.24, 2.45) is 11.7 Å². The molecule has 0 spiro atoms. The fraction of sp³-hybridized carbons (Fsp3) is 0.533. The van der Waals surface area contributed by atoms with Crippen molar-refractivity contribution in [3.8, 4) is 5.75 Å². The molecule has 2 rings (SSSR count). The number of hydrogen-bond acceptors (Lipinski definition) is 4. The van der Waals surface area contributed by atoms with E-state index in [0.29, 0.717) is 16.7 Å². The van der Waals surface area contributed by atoms with Crippen molar-refractivity contribution >= 4 is 17.2 Å². The third kappa shape index (κ3) is 3.11. The maximum Gasteiger partial charge on any atom is 0.129 e. The number of thiocarbonyl (C=S) groups is 1. The number of nitrogens with zero attached hydrogens (tertiary/aromatic N) is 1. The summed E-state index contributed by atoms with van der Waals surface area (Å²) in [6.45, 7) is 4.23. The fourth-order valence-corrected chi connectivity index (χ4v) is 3.02. The Morgan fingerprint density at radius 1 is 1.55 bits per heavy atom. The summed E-state index contributed by atoms with van der Waals surface area (Å²) in [5.41, 5.74) is 7.58. The second-order valence-electron chi connectivity index (χ2n) is 5.39. The van der Waals surface area contributed by atoms with Gasteiger partial charge in [-0.15, -0.1) is 0 Å². The molecule has 0 saturated carbocycles. The lowest BCUT2D eigenvalue weighted by Crippen LogP contribution is -2.34. The molecule has 110 valence electrons. The minimum Gasteiger partial charge on any atom is -0.496 e. The molecule has 0 amide bonds. The third-order valence-electron chi connectivity index (χ3n) is 4.10. The van der Waals surface area contributed by atoms with E-state index in [9.17, 15) is 5.11 Å². The highest BCUT2D eigenvalue weighted by Crippen LogP contribution is 2.27. The van der Waals surface area contributed by atoms with Gasteiger partial charge in [-0.2, -0.15) is 0 Å². The lowest BCUT2D eigenvalue weighted by molar-refractivity contribution is 0.134. The maximum atomic E-state index is 9.50. The zero-order valence-electron chi connectivity index (χ0n) is 12.0. The van der Waals surface area contributed by atoms with Crippen molar-refractivity contribution in [3.63, 3.8) is 0 Å². The number of hydrogen-bond donors (Lipinski definition) is 2. The van der Waals surface area contributed by atoms with Crippen LogP contribution in [0.15, 0.2) is 18.2 Å². The van der Waals surface area contributed by atoms with Crippen LogP contribution in [0.3, 0.4) is 0 Å². The molecule has 1 saturated heterocycles. The van der Waals surface area contributed by atoms with Gasteiger partial charge >= 0.3 is 0 Å². The van der Waals surface area contributed by atoms with Crippen LogP contribution < -0.4 is 10.5 Å². The first kappa shape index (κ1) is 15.2. The van der Waals surface area contributed by atoms with Crippen LogP contribution in [0.5, 0.6) is 5.75 Å². The molecule has 4 nitrogen and oxygen atoms in total. The molecular formula is C15H22N2O2S. The summed E-state index contributed by atoms with van der Waals surface area (Å²) >= 11 is 5.01. The summed E-state index contributed by atoms with van der Waals surface area (Å²) in [7, 11) is 1.62. The molecule has 0 radical (unpaired) electrons. The van der Waals surface area contributed by atoms with Crippen molar-refractivity contribution in [1.82, 2.24) is 4.90 Å². The van der Waals surface area contributed by atoms with E-state index in [4.69, 9.17) is 22.7 Å². The molecule has 3 N–H and O–H groups in total. The van der Waals surface area contributed by atoms with Gasteiger partial charge in [-0.05, 0) is 36.6 Å². The number of aliphatic hydroxyl groups is 1. The second kappa shape index (κ2) is 6.52. The summed E-state index contributed by atoms with van der Waals surface area (Å²) in [6, 6.07) is 6.15. The van der Waals surface area contributed by atoms with Crippen molar-refractivity contribution in [2.45, 2.75) is 25.9 Å². The standard InChI is InChI=1S/C15H22N2O2S/c1-10-5-6-17(13(10)9-18)8-11-3-4-12(15(16)20)14(7-11)19-2/h3-4,7,10,13,18H,5-6,8-9H2,1-2H3,(H2,16,20). The quantitative estimate of drug-likeness (QED) is 0.807. The Balaban J connectivity index is 2.16. The highest BCUT2D eigenvalue weighted by Gasteiger charge is 2.30. The smallest absolute Gasteiger partial charge is 0.129 e. The van der Waals surface area contributed by atoms with Crippen LogP contribution in [0.1, 0.15) is 24.5 Å². The predicted octanol–water partition coefficient (Wildman–Crippen LogP) is 1.53. The number of benzene rings is 1. The van der Waals surface area contributed by atoms with Crippen LogP contribution in [0.2, 0.25) is 0 Å². The van der Waals surface area contributed by atoms with E-state index in [2.05, 4.69) is 11.8 Å². The Labute approximate surface area is 125 Å². The van der Waals surface area contributed by atoms with Gasteiger partial charge < -0.3 is 15.6 Å². The summed E-state index contributed by atoms with van der Waals surface area (Å²) in [5, 5.41) is 9.50. The van der Waals surface area contributed by atoms with Crippen LogP contribution in [0.25, 0.3) is 0 Å². The van der Waals surface area contributed by atoms with Gasteiger partial charge in [0.1, 0.15) is 10.7 Å². The fourth-order valence-electron chi connectivity index (χ4n) is 2.85. The molecule has 0 aromatic heterocycles.